The van der Waals surface area contributed by atoms with E-state index in [0.717, 1.165) is 11.4 Å². The Morgan fingerprint density at radius 2 is 2.05 bits per heavy atom. The van der Waals surface area contributed by atoms with Crippen LogP contribution in [0.1, 0.15) is 46.0 Å². The van der Waals surface area contributed by atoms with Crippen LogP contribution in [0.25, 0.3) is 0 Å². The minimum atomic E-state index is 0.00610. The Bertz CT molecular complexity index is 468. The van der Waals surface area contributed by atoms with E-state index in [9.17, 15) is 4.79 Å². The number of ether oxygens (including phenoxy) is 1. The zero-order valence-electron chi connectivity index (χ0n) is 13.7. The predicted molar refractivity (Wildman–Crippen MR) is 90.3 cm³/mol. The van der Waals surface area contributed by atoms with E-state index < -0.39 is 0 Å². The van der Waals surface area contributed by atoms with Crippen LogP contribution < -0.4 is 15.4 Å². The minimum Gasteiger partial charge on any atom is -0.493 e. The first-order chi connectivity index (χ1) is 10.6. The summed E-state index contributed by atoms with van der Waals surface area (Å²) < 4.78 is 5.68. The van der Waals surface area contributed by atoms with Crippen molar-refractivity contribution in [2.45, 2.75) is 52.0 Å². The Hall–Kier alpha value is -1.55. The molecule has 1 aromatic rings. The number of hydrogen-bond acceptors (Lipinski definition) is 3. The zero-order chi connectivity index (χ0) is 15.8. The molecular formula is C18H28N2O2. The molecule has 0 heterocycles. The van der Waals surface area contributed by atoms with Crippen LogP contribution in [-0.2, 0) is 4.79 Å². The standard InChI is InChI=1S/C18H28N2O2/c1-14(2)13-22-17-10-6-9-16(11-17)20-18(21)12-19-15-7-4-3-5-8-15/h6,9-11,14-15,19H,3-5,7-8,12-13H2,1-2H3,(H,20,21). The number of rotatable bonds is 7. The first kappa shape index (κ1) is 16.8. The molecule has 1 fully saturated rings. The number of carbonyl (C=O) groups is 1. The third-order valence-corrected chi connectivity index (χ3v) is 3.86. The van der Waals surface area contributed by atoms with Crippen LogP contribution in [0.5, 0.6) is 5.75 Å². The van der Waals surface area contributed by atoms with E-state index in [4.69, 9.17) is 4.74 Å². The van der Waals surface area contributed by atoms with Crippen molar-refractivity contribution >= 4 is 11.6 Å². The van der Waals surface area contributed by atoms with E-state index >= 15 is 0 Å². The van der Waals surface area contributed by atoms with Crippen LogP contribution >= 0.6 is 0 Å². The monoisotopic (exact) mass is 304 g/mol. The van der Waals surface area contributed by atoms with Crippen molar-refractivity contribution in [3.05, 3.63) is 24.3 Å². The number of nitrogens with one attached hydrogen (secondary N) is 2. The van der Waals surface area contributed by atoms with Gasteiger partial charge in [-0.2, -0.15) is 0 Å². The molecule has 1 aliphatic carbocycles. The molecule has 2 rings (SSSR count). The number of amides is 1. The molecule has 0 bridgehead atoms. The molecule has 0 unspecified atom stereocenters. The summed E-state index contributed by atoms with van der Waals surface area (Å²) in [7, 11) is 0. The molecule has 2 N–H and O–H groups in total. The quantitative estimate of drug-likeness (QED) is 0.809. The van der Waals surface area contributed by atoms with Crippen LogP contribution in [-0.4, -0.2) is 25.1 Å². The summed E-state index contributed by atoms with van der Waals surface area (Å²) in [6, 6.07) is 8.08. The van der Waals surface area contributed by atoms with E-state index in [1.165, 1.54) is 32.1 Å². The number of carbonyl (C=O) groups excluding carboxylic acids is 1. The number of hydrogen-bond donors (Lipinski definition) is 2. The highest BCUT2D eigenvalue weighted by Gasteiger charge is 2.14. The van der Waals surface area contributed by atoms with Crippen LogP contribution in [0.15, 0.2) is 24.3 Å². The summed E-state index contributed by atoms with van der Waals surface area (Å²) in [4.78, 5) is 12.0. The first-order valence-electron chi connectivity index (χ1n) is 8.39. The van der Waals surface area contributed by atoms with Gasteiger partial charge in [0, 0.05) is 17.8 Å². The van der Waals surface area contributed by atoms with Gasteiger partial charge in [0.05, 0.1) is 13.2 Å². The molecule has 1 saturated carbocycles. The molecule has 0 saturated heterocycles. The maximum atomic E-state index is 12.0. The molecule has 4 nitrogen and oxygen atoms in total. The van der Waals surface area contributed by atoms with E-state index in [1.807, 2.05) is 24.3 Å². The van der Waals surface area contributed by atoms with Crippen LogP contribution in [0, 0.1) is 5.92 Å². The lowest BCUT2D eigenvalue weighted by atomic mass is 9.95. The molecule has 1 aliphatic rings. The third-order valence-electron chi connectivity index (χ3n) is 3.86. The van der Waals surface area contributed by atoms with Gasteiger partial charge < -0.3 is 15.4 Å². The summed E-state index contributed by atoms with van der Waals surface area (Å²) >= 11 is 0. The fourth-order valence-corrected chi connectivity index (χ4v) is 2.68. The van der Waals surface area contributed by atoms with Crippen molar-refractivity contribution in [3.8, 4) is 5.75 Å². The molecule has 0 radical (unpaired) electrons. The van der Waals surface area contributed by atoms with Crippen molar-refractivity contribution in [2.24, 2.45) is 5.92 Å². The van der Waals surface area contributed by atoms with E-state index in [1.54, 1.807) is 0 Å². The second-order valence-electron chi connectivity index (χ2n) is 6.50. The normalized spacial score (nSPS) is 15.8. The molecule has 4 heteroatoms. The molecule has 0 aromatic heterocycles. The van der Waals surface area contributed by atoms with Gasteiger partial charge in [-0.1, -0.05) is 39.2 Å². The van der Waals surface area contributed by atoms with Crippen molar-refractivity contribution < 1.29 is 9.53 Å². The van der Waals surface area contributed by atoms with Crippen molar-refractivity contribution in [1.29, 1.82) is 0 Å². The maximum Gasteiger partial charge on any atom is 0.238 e. The highest BCUT2D eigenvalue weighted by atomic mass is 16.5. The molecule has 122 valence electrons. The van der Waals surface area contributed by atoms with E-state index in [0.29, 0.717) is 25.1 Å². The van der Waals surface area contributed by atoms with E-state index in [2.05, 4.69) is 24.5 Å². The Kier molecular flexibility index (Phi) is 6.72. The largest absolute Gasteiger partial charge is 0.493 e. The third kappa shape index (κ3) is 6.06. The summed E-state index contributed by atoms with van der Waals surface area (Å²) in [6.07, 6.45) is 6.24. The minimum absolute atomic E-state index is 0.00610. The maximum absolute atomic E-state index is 12.0. The van der Waals surface area contributed by atoms with Gasteiger partial charge in [0.15, 0.2) is 0 Å². The van der Waals surface area contributed by atoms with Gasteiger partial charge in [0.2, 0.25) is 5.91 Å². The highest BCUT2D eigenvalue weighted by molar-refractivity contribution is 5.92. The average molecular weight is 304 g/mol. The molecule has 0 atom stereocenters. The van der Waals surface area contributed by atoms with Crippen LogP contribution in [0.3, 0.4) is 0 Å². The van der Waals surface area contributed by atoms with Crippen molar-refractivity contribution in [1.82, 2.24) is 5.32 Å². The van der Waals surface area contributed by atoms with Gasteiger partial charge in [-0.3, -0.25) is 4.79 Å². The molecule has 1 amide bonds. The molecular weight excluding hydrogens is 276 g/mol. The second-order valence-corrected chi connectivity index (χ2v) is 6.50. The van der Waals surface area contributed by atoms with Crippen LogP contribution in [0.2, 0.25) is 0 Å². The molecule has 1 aromatic carbocycles. The summed E-state index contributed by atoms with van der Waals surface area (Å²) in [5.74, 6) is 1.29. The number of benzene rings is 1. The summed E-state index contributed by atoms with van der Waals surface area (Å²) in [5, 5.41) is 6.28. The Labute approximate surface area is 133 Å². The predicted octanol–water partition coefficient (Wildman–Crippen LogP) is 3.58. The van der Waals surface area contributed by atoms with Crippen molar-refractivity contribution in [2.75, 3.05) is 18.5 Å². The molecule has 0 aliphatic heterocycles. The first-order valence-corrected chi connectivity index (χ1v) is 8.39. The zero-order valence-corrected chi connectivity index (χ0v) is 13.7. The average Bonchev–Trinajstić information content (AvgIpc) is 2.52. The second kappa shape index (κ2) is 8.79. The lowest BCUT2D eigenvalue weighted by molar-refractivity contribution is -0.115. The fraction of sp³-hybridized carbons (Fsp3) is 0.611. The lowest BCUT2D eigenvalue weighted by Crippen LogP contribution is -2.37. The molecule has 0 spiro atoms. The topological polar surface area (TPSA) is 50.4 Å². The van der Waals surface area contributed by atoms with Gasteiger partial charge in [-0.05, 0) is 30.9 Å². The Morgan fingerprint density at radius 3 is 2.77 bits per heavy atom. The van der Waals surface area contributed by atoms with Gasteiger partial charge in [0.25, 0.3) is 0 Å². The SMILES string of the molecule is CC(C)COc1cccc(NC(=O)CNC2CCCCC2)c1. The molecule has 22 heavy (non-hydrogen) atoms. The Morgan fingerprint density at radius 1 is 1.27 bits per heavy atom. The summed E-state index contributed by atoms with van der Waals surface area (Å²) in [5.41, 5.74) is 0.789. The highest BCUT2D eigenvalue weighted by Crippen LogP contribution is 2.19. The van der Waals surface area contributed by atoms with Crippen LogP contribution in [0.4, 0.5) is 5.69 Å². The van der Waals surface area contributed by atoms with Gasteiger partial charge in [-0.15, -0.1) is 0 Å². The fourth-order valence-electron chi connectivity index (χ4n) is 2.68. The van der Waals surface area contributed by atoms with Gasteiger partial charge >= 0.3 is 0 Å². The van der Waals surface area contributed by atoms with Gasteiger partial charge in [0.1, 0.15) is 5.75 Å². The Balaban J connectivity index is 1.76. The smallest absolute Gasteiger partial charge is 0.238 e. The van der Waals surface area contributed by atoms with Crippen molar-refractivity contribution in [3.63, 3.8) is 0 Å². The number of anilines is 1. The van der Waals surface area contributed by atoms with E-state index in [-0.39, 0.29) is 5.91 Å². The van der Waals surface area contributed by atoms with Gasteiger partial charge in [-0.25, -0.2) is 0 Å². The summed E-state index contributed by atoms with van der Waals surface area (Å²) in [6.45, 7) is 5.29. The lowest BCUT2D eigenvalue weighted by Gasteiger charge is -2.22.